The fourth-order valence-corrected chi connectivity index (χ4v) is 5.74. The zero-order chi connectivity index (χ0) is 38.2. The molecule has 6 N–H and O–H groups in total. The Hall–Kier alpha value is -3.32. The third kappa shape index (κ3) is 17.1. The van der Waals surface area contributed by atoms with Gasteiger partial charge in [-0.2, -0.15) is 11.8 Å². The number of ether oxygens (including phenoxy) is 1. The lowest BCUT2D eigenvalue weighted by Gasteiger charge is -2.32. The van der Waals surface area contributed by atoms with Gasteiger partial charge in [-0.25, -0.2) is 4.79 Å². The number of aliphatic hydroxyl groups is 1. The van der Waals surface area contributed by atoms with E-state index in [4.69, 9.17) is 4.74 Å². The van der Waals surface area contributed by atoms with Crippen LogP contribution in [0.2, 0.25) is 0 Å². The number of benzene rings is 1. The van der Waals surface area contributed by atoms with E-state index in [2.05, 4.69) is 26.6 Å². The van der Waals surface area contributed by atoms with Crippen LogP contribution in [0, 0.1) is 23.7 Å². The maximum Gasteiger partial charge on any atom is 0.408 e. The predicted molar refractivity (Wildman–Crippen MR) is 199 cm³/mol. The highest BCUT2D eigenvalue weighted by atomic mass is 32.2. The minimum atomic E-state index is -1.09. The van der Waals surface area contributed by atoms with Crippen molar-refractivity contribution in [2.24, 2.45) is 23.7 Å². The molecule has 0 saturated heterocycles. The van der Waals surface area contributed by atoms with Gasteiger partial charge in [0.25, 0.3) is 0 Å². The summed E-state index contributed by atoms with van der Waals surface area (Å²) >= 11 is 1.52. The minimum absolute atomic E-state index is 0.0522. The van der Waals surface area contributed by atoms with Crippen LogP contribution in [0.1, 0.15) is 94.1 Å². The zero-order valence-corrected chi connectivity index (χ0v) is 32.7. The molecule has 0 saturated carbocycles. The molecule has 0 aliphatic rings. The molecule has 284 valence electrons. The highest BCUT2D eigenvalue weighted by Gasteiger charge is 2.34. The van der Waals surface area contributed by atoms with Crippen LogP contribution < -0.4 is 26.6 Å². The lowest BCUT2D eigenvalue weighted by Crippen LogP contribution is -2.58. The lowest BCUT2D eigenvalue weighted by molar-refractivity contribution is -0.133. The molecule has 1 aromatic rings. The molecule has 0 spiro atoms. The van der Waals surface area contributed by atoms with Crippen molar-refractivity contribution < 1.29 is 33.8 Å². The van der Waals surface area contributed by atoms with Gasteiger partial charge in [-0.05, 0) is 82.3 Å². The highest BCUT2D eigenvalue weighted by Crippen LogP contribution is 2.22. The Kier molecular flexibility index (Phi) is 19.5. The molecule has 0 bridgehead atoms. The van der Waals surface area contributed by atoms with Gasteiger partial charge >= 0.3 is 6.09 Å². The lowest BCUT2D eigenvalue weighted by atomic mass is 9.85. The van der Waals surface area contributed by atoms with Gasteiger partial charge in [0.1, 0.15) is 23.7 Å². The molecule has 6 atom stereocenters. The first-order valence-corrected chi connectivity index (χ1v) is 19.0. The summed E-state index contributed by atoms with van der Waals surface area (Å²) in [5.74, 6) is -2.10. The minimum Gasteiger partial charge on any atom is -0.444 e. The summed E-state index contributed by atoms with van der Waals surface area (Å²) in [5, 5.41) is 25.5. The number of aliphatic hydroxyl groups excluding tert-OH is 1. The van der Waals surface area contributed by atoms with Crippen molar-refractivity contribution in [3.05, 3.63) is 35.9 Å². The number of hydrogen-bond donors (Lipinski definition) is 6. The summed E-state index contributed by atoms with van der Waals surface area (Å²) in [4.78, 5) is 65.8. The van der Waals surface area contributed by atoms with Gasteiger partial charge in [-0.3, -0.25) is 19.2 Å². The highest BCUT2D eigenvalue weighted by molar-refractivity contribution is 7.98. The Labute approximate surface area is 303 Å². The van der Waals surface area contributed by atoms with Crippen molar-refractivity contribution in [1.29, 1.82) is 0 Å². The fourth-order valence-electron chi connectivity index (χ4n) is 5.27. The molecule has 0 heterocycles. The van der Waals surface area contributed by atoms with E-state index >= 15 is 0 Å². The molecule has 0 aliphatic carbocycles. The molecule has 0 unspecified atom stereocenters. The molecule has 1 aromatic carbocycles. The second kappa shape index (κ2) is 21.8. The third-order valence-electron chi connectivity index (χ3n) is 8.08. The Morgan fingerprint density at radius 3 is 1.92 bits per heavy atom. The molecule has 5 amide bonds. The van der Waals surface area contributed by atoms with E-state index in [0.29, 0.717) is 25.1 Å². The molecular weight excluding hydrogens is 659 g/mol. The van der Waals surface area contributed by atoms with Gasteiger partial charge in [0, 0.05) is 12.5 Å². The number of hydrogen-bond acceptors (Lipinski definition) is 8. The smallest absolute Gasteiger partial charge is 0.408 e. The standard InChI is InChI=1S/C37H63N5O7S/c1-22(2)19-29(30(43)20-27(23(3)4)33(45)39-25(7)32(44)38-21-26-15-13-12-14-16-26)41-34(46)28(17-18-50-11)40-35(47)31(24(5)6)42-36(48)49-37(8,9)10/h12-16,22-25,27-31,43H,17-21H2,1-11H3,(H,38,44)(H,39,45)(H,40,47)(H,41,46)(H,42,48)/t25-,27-,28-,29-,30-,31-/m0/s1. The van der Waals surface area contributed by atoms with E-state index in [1.165, 1.54) is 11.8 Å². The van der Waals surface area contributed by atoms with Crippen molar-refractivity contribution in [2.45, 2.75) is 131 Å². The molecule has 0 aliphatic heterocycles. The number of amides is 5. The van der Waals surface area contributed by atoms with Crippen molar-refractivity contribution in [3.63, 3.8) is 0 Å². The van der Waals surface area contributed by atoms with Crippen LogP contribution in [-0.4, -0.2) is 82.7 Å². The number of carbonyl (C=O) groups is 5. The van der Waals surface area contributed by atoms with Crippen LogP contribution in [0.4, 0.5) is 4.79 Å². The molecule has 12 nitrogen and oxygen atoms in total. The van der Waals surface area contributed by atoms with Crippen molar-refractivity contribution >= 4 is 41.5 Å². The number of thioether (sulfide) groups is 1. The molecule has 1 rings (SSSR count). The van der Waals surface area contributed by atoms with E-state index in [-0.39, 0.29) is 36.0 Å². The van der Waals surface area contributed by atoms with Gasteiger partial charge < -0.3 is 36.4 Å². The zero-order valence-electron chi connectivity index (χ0n) is 31.9. The second-order valence-corrected chi connectivity index (χ2v) is 16.0. The Morgan fingerprint density at radius 1 is 0.780 bits per heavy atom. The quantitative estimate of drug-likeness (QED) is 0.117. The van der Waals surface area contributed by atoms with E-state index in [0.717, 1.165) is 5.56 Å². The average molecular weight is 722 g/mol. The number of nitrogens with one attached hydrogen (secondary N) is 5. The Morgan fingerprint density at radius 2 is 1.40 bits per heavy atom. The molecule has 0 aromatic heterocycles. The van der Waals surface area contributed by atoms with E-state index in [1.807, 2.05) is 64.3 Å². The monoisotopic (exact) mass is 721 g/mol. The summed E-state index contributed by atoms with van der Waals surface area (Å²) in [5.41, 5.74) is 0.188. The van der Waals surface area contributed by atoms with Gasteiger partial charge in [0.05, 0.1) is 12.1 Å². The number of carbonyl (C=O) groups excluding carboxylic acids is 5. The summed E-state index contributed by atoms with van der Waals surface area (Å²) in [7, 11) is 0. The van der Waals surface area contributed by atoms with Gasteiger partial charge in [0.2, 0.25) is 23.6 Å². The van der Waals surface area contributed by atoms with Crippen LogP contribution in [-0.2, 0) is 30.5 Å². The van der Waals surface area contributed by atoms with Gasteiger partial charge in [-0.1, -0.05) is 71.9 Å². The Bertz CT molecular complexity index is 1220. The Balaban J connectivity index is 3.05. The average Bonchev–Trinajstić information content (AvgIpc) is 3.01. The summed E-state index contributed by atoms with van der Waals surface area (Å²) in [6.45, 7) is 18.4. The summed E-state index contributed by atoms with van der Waals surface area (Å²) in [6.07, 6.45) is 0.875. The van der Waals surface area contributed by atoms with E-state index in [1.54, 1.807) is 41.5 Å². The first-order chi connectivity index (χ1) is 23.2. The molecule has 0 radical (unpaired) electrons. The second-order valence-electron chi connectivity index (χ2n) is 15.0. The summed E-state index contributed by atoms with van der Waals surface area (Å²) in [6, 6.07) is 6.08. The van der Waals surface area contributed by atoms with Gasteiger partial charge in [0.15, 0.2) is 0 Å². The van der Waals surface area contributed by atoms with E-state index in [9.17, 15) is 29.1 Å². The van der Waals surface area contributed by atoms with Crippen LogP contribution in [0.5, 0.6) is 0 Å². The topological polar surface area (TPSA) is 175 Å². The van der Waals surface area contributed by atoms with Crippen LogP contribution in [0.25, 0.3) is 0 Å². The van der Waals surface area contributed by atoms with E-state index < -0.39 is 59.7 Å². The fraction of sp³-hybridized carbons (Fsp3) is 0.703. The van der Waals surface area contributed by atoms with Crippen LogP contribution >= 0.6 is 11.8 Å². The van der Waals surface area contributed by atoms with Crippen molar-refractivity contribution in [1.82, 2.24) is 26.6 Å². The van der Waals surface area contributed by atoms with Crippen LogP contribution in [0.15, 0.2) is 30.3 Å². The maximum atomic E-state index is 13.7. The molecule has 50 heavy (non-hydrogen) atoms. The molecule has 0 fully saturated rings. The molecule has 13 heteroatoms. The largest absolute Gasteiger partial charge is 0.444 e. The van der Waals surface area contributed by atoms with Crippen molar-refractivity contribution in [2.75, 3.05) is 12.0 Å². The maximum absolute atomic E-state index is 13.7. The molecular formula is C37H63N5O7S. The normalized spacial score (nSPS) is 15.3. The van der Waals surface area contributed by atoms with Gasteiger partial charge in [-0.15, -0.1) is 0 Å². The third-order valence-corrected chi connectivity index (χ3v) is 8.72. The number of alkyl carbamates (subject to hydrolysis) is 1. The first-order valence-electron chi connectivity index (χ1n) is 17.6. The predicted octanol–water partition coefficient (Wildman–Crippen LogP) is 4.15. The first kappa shape index (κ1) is 44.7. The number of rotatable bonds is 20. The van der Waals surface area contributed by atoms with Crippen LogP contribution in [0.3, 0.4) is 0 Å². The van der Waals surface area contributed by atoms with Crippen molar-refractivity contribution in [3.8, 4) is 0 Å². The summed E-state index contributed by atoms with van der Waals surface area (Å²) < 4.78 is 5.34. The SMILES string of the molecule is CSCC[C@H](NC(=O)[C@@H](NC(=O)OC(C)(C)C)C(C)C)C(=O)N[C@@H](CC(C)C)[C@@H](O)C[C@H](C(=O)N[C@@H](C)C(=O)NCc1ccccc1)C(C)C.